The summed E-state index contributed by atoms with van der Waals surface area (Å²) < 4.78 is 7.58. The SMILES string of the molecule is COC1CCCC(n2cc(-c3cccc(N)c3)cn2)C1. The van der Waals surface area contributed by atoms with E-state index in [1.807, 2.05) is 24.4 Å². The molecule has 4 nitrogen and oxygen atoms in total. The Bertz CT molecular complexity index is 579. The Morgan fingerprint density at radius 2 is 2.20 bits per heavy atom. The third kappa shape index (κ3) is 2.70. The second-order valence-electron chi connectivity index (χ2n) is 5.51. The average Bonchev–Trinajstić information content (AvgIpc) is 2.97. The first-order chi connectivity index (χ1) is 9.76. The molecule has 1 aliphatic carbocycles. The molecule has 1 saturated carbocycles. The van der Waals surface area contributed by atoms with Crippen molar-refractivity contribution >= 4 is 5.69 Å². The van der Waals surface area contributed by atoms with Crippen LogP contribution in [0.25, 0.3) is 11.1 Å². The van der Waals surface area contributed by atoms with Gasteiger partial charge in [-0.1, -0.05) is 12.1 Å². The van der Waals surface area contributed by atoms with E-state index in [1.165, 1.54) is 12.8 Å². The van der Waals surface area contributed by atoms with Crippen LogP contribution in [0.1, 0.15) is 31.7 Å². The van der Waals surface area contributed by atoms with Crippen LogP contribution in [-0.2, 0) is 4.74 Å². The number of rotatable bonds is 3. The van der Waals surface area contributed by atoms with E-state index in [9.17, 15) is 0 Å². The summed E-state index contributed by atoms with van der Waals surface area (Å²) in [6.45, 7) is 0. The van der Waals surface area contributed by atoms with Crippen LogP contribution in [0.15, 0.2) is 36.7 Å². The number of anilines is 1. The Morgan fingerprint density at radius 3 is 3.00 bits per heavy atom. The maximum absolute atomic E-state index is 5.84. The van der Waals surface area contributed by atoms with Crippen LogP contribution in [0.5, 0.6) is 0 Å². The number of hydrogen-bond acceptors (Lipinski definition) is 3. The molecule has 1 fully saturated rings. The molecule has 0 radical (unpaired) electrons. The summed E-state index contributed by atoms with van der Waals surface area (Å²) in [7, 11) is 1.80. The fourth-order valence-corrected chi connectivity index (χ4v) is 2.98. The molecule has 2 N–H and O–H groups in total. The van der Waals surface area contributed by atoms with Gasteiger partial charge in [-0.2, -0.15) is 5.10 Å². The van der Waals surface area contributed by atoms with E-state index in [0.717, 1.165) is 29.7 Å². The molecule has 0 aliphatic heterocycles. The van der Waals surface area contributed by atoms with Crippen LogP contribution in [0.2, 0.25) is 0 Å². The number of aromatic nitrogens is 2. The lowest BCUT2D eigenvalue weighted by Crippen LogP contribution is -2.24. The molecular weight excluding hydrogens is 250 g/mol. The molecule has 1 aromatic heterocycles. The van der Waals surface area contributed by atoms with Crippen molar-refractivity contribution in [3.8, 4) is 11.1 Å². The van der Waals surface area contributed by atoms with E-state index in [0.29, 0.717) is 12.1 Å². The molecule has 2 atom stereocenters. The van der Waals surface area contributed by atoms with Crippen molar-refractivity contribution in [1.29, 1.82) is 0 Å². The number of nitrogens with two attached hydrogens (primary N) is 1. The predicted molar refractivity (Wildman–Crippen MR) is 80.4 cm³/mol. The van der Waals surface area contributed by atoms with Crippen molar-refractivity contribution in [2.45, 2.75) is 37.8 Å². The molecule has 0 bridgehead atoms. The van der Waals surface area contributed by atoms with E-state index in [4.69, 9.17) is 10.5 Å². The zero-order valence-corrected chi connectivity index (χ0v) is 11.8. The second kappa shape index (κ2) is 5.67. The first-order valence-electron chi connectivity index (χ1n) is 7.19. The van der Waals surface area contributed by atoms with Crippen LogP contribution >= 0.6 is 0 Å². The van der Waals surface area contributed by atoms with Crippen molar-refractivity contribution in [1.82, 2.24) is 9.78 Å². The quantitative estimate of drug-likeness (QED) is 0.872. The first-order valence-corrected chi connectivity index (χ1v) is 7.19. The van der Waals surface area contributed by atoms with Gasteiger partial charge in [0.25, 0.3) is 0 Å². The molecule has 1 aromatic carbocycles. The Morgan fingerprint density at radius 1 is 1.30 bits per heavy atom. The molecule has 2 unspecified atom stereocenters. The van der Waals surface area contributed by atoms with Gasteiger partial charge in [-0.3, -0.25) is 4.68 Å². The van der Waals surface area contributed by atoms with Gasteiger partial charge in [0.1, 0.15) is 0 Å². The summed E-state index contributed by atoms with van der Waals surface area (Å²) in [6, 6.07) is 8.38. The van der Waals surface area contributed by atoms with Gasteiger partial charge >= 0.3 is 0 Å². The largest absolute Gasteiger partial charge is 0.399 e. The summed E-state index contributed by atoms with van der Waals surface area (Å²) in [4.78, 5) is 0. The Hall–Kier alpha value is -1.81. The van der Waals surface area contributed by atoms with Gasteiger partial charge in [0.15, 0.2) is 0 Å². The van der Waals surface area contributed by atoms with E-state index in [2.05, 4.69) is 22.0 Å². The minimum atomic E-state index is 0.369. The van der Waals surface area contributed by atoms with E-state index < -0.39 is 0 Å². The summed E-state index contributed by atoms with van der Waals surface area (Å²) >= 11 is 0. The molecule has 1 heterocycles. The van der Waals surface area contributed by atoms with Crippen molar-refractivity contribution in [2.24, 2.45) is 0 Å². The van der Waals surface area contributed by atoms with Crippen LogP contribution in [-0.4, -0.2) is 23.0 Å². The zero-order valence-electron chi connectivity index (χ0n) is 11.8. The summed E-state index contributed by atoms with van der Waals surface area (Å²) in [5.74, 6) is 0. The smallest absolute Gasteiger partial charge is 0.0591 e. The summed E-state index contributed by atoms with van der Waals surface area (Å²) in [6.07, 6.45) is 9.01. The maximum atomic E-state index is 5.84. The van der Waals surface area contributed by atoms with Crippen LogP contribution in [0.3, 0.4) is 0 Å². The third-order valence-corrected chi connectivity index (χ3v) is 4.13. The van der Waals surface area contributed by atoms with Crippen molar-refractivity contribution in [2.75, 3.05) is 12.8 Å². The standard InChI is InChI=1S/C16H21N3O/c1-20-16-7-3-6-15(9-16)19-11-13(10-18-19)12-4-2-5-14(17)8-12/h2,4-5,8,10-11,15-16H,3,6-7,9,17H2,1H3. The molecule has 0 saturated heterocycles. The lowest BCUT2D eigenvalue weighted by atomic mass is 9.93. The van der Waals surface area contributed by atoms with E-state index in [1.54, 1.807) is 7.11 Å². The number of hydrogen-bond donors (Lipinski definition) is 1. The summed E-state index contributed by atoms with van der Waals surface area (Å²) in [5, 5.41) is 4.53. The van der Waals surface area contributed by atoms with Gasteiger partial charge in [-0.25, -0.2) is 0 Å². The molecule has 4 heteroatoms. The fourth-order valence-electron chi connectivity index (χ4n) is 2.98. The van der Waals surface area contributed by atoms with Crippen molar-refractivity contribution < 1.29 is 4.74 Å². The predicted octanol–water partition coefficient (Wildman–Crippen LogP) is 3.26. The Kier molecular flexibility index (Phi) is 3.74. The Labute approximate surface area is 119 Å². The topological polar surface area (TPSA) is 53.1 Å². The van der Waals surface area contributed by atoms with Crippen molar-refractivity contribution in [3.05, 3.63) is 36.7 Å². The van der Waals surface area contributed by atoms with Gasteiger partial charge in [-0.05, 0) is 43.4 Å². The molecule has 1 aliphatic rings. The van der Waals surface area contributed by atoms with Gasteiger partial charge in [0.2, 0.25) is 0 Å². The van der Waals surface area contributed by atoms with E-state index >= 15 is 0 Å². The molecule has 3 rings (SSSR count). The zero-order chi connectivity index (χ0) is 13.9. The molecular formula is C16H21N3O. The Balaban J connectivity index is 1.80. The van der Waals surface area contributed by atoms with Crippen molar-refractivity contribution in [3.63, 3.8) is 0 Å². The molecule has 20 heavy (non-hydrogen) atoms. The second-order valence-corrected chi connectivity index (χ2v) is 5.51. The lowest BCUT2D eigenvalue weighted by molar-refractivity contribution is 0.0508. The number of ether oxygens (including phenoxy) is 1. The average molecular weight is 271 g/mol. The summed E-state index contributed by atoms with van der Waals surface area (Å²) in [5.41, 5.74) is 8.87. The highest BCUT2D eigenvalue weighted by Crippen LogP contribution is 2.31. The third-order valence-electron chi connectivity index (χ3n) is 4.13. The number of nitrogens with zero attached hydrogens (tertiary/aromatic N) is 2. The number of benzene rings is 1. The normalized spacial score (nSPS) is 22.9. The van der Waals surface area contributed by atoms with E-state index in [-0.39, 0.29) is 0 Å². The minimum absolute atomic E-state index is 0.369. The maximum Gasteiger partial charge on any atom is 0.0591 e. The highest BCUT2D eigenvalue weighted by atomic mass is 16.5. The van der Waals surface area contributed by atoms with Gasteiger partial charge < -0.3 is 10.5 Å². The lowest BCUT2D eigenvalue weighted by Gasteiger charge is -2.28. The molecule has 0 amide bonds. The molecule has 0 spiro atoms. The minimum Gasteiger partial charge on any atom is -0.399 e. The highest BCUT2D eigenvalue weighted by molar-refractivity contribution is 5.65. The number of nitrogen functional groups attached to an aromatic ring is 1. The van der Waals surface area contributed by atoms with Crippen LogP contribution in [0.4, 0.5) is 5.69 Å². The van der Waals surface area contributed by atoms with Gasteiger partial charge in [0, 0.05) is 24.6 Å². The fraction of sp³-hybridized carbons (Fsp3) is 0.438. The van der Waals surface area contributed by atoms with Crippen LogP contribution < -0.4 is 5.73 Å². The highest BCUT2D eigenvalue weighted by Gasteiger charge is 2.23. The van der Waals surface area contributed by atoms with Gasteiger partial charge in [0.05, 0.1) is 18.3 Å². The van der Waals surface area contributed by atoms with Gasteiger partial charge in [-0.15, -0.1) is 0 Å². The molecule has 106 valence electrons. The first kappa shape index (κ1) is 13.2. The number of methoxy groups -OCH3 is 1. The van der Waals surface area contributed by atoms with Crippen LogP contribution in [0, 0.1) is 0 Å². The molecule has 2 aromatic rings. The monoisotopic (exact) mass is 271 g/mol.